The Morgan fingerprint density at radius 3 is 2.52 bits per heavy atom. The molecule has 0 unspecified atom stereocenters. The average molecular weight is 423 g/mol. The van der Waals surface area contributed by atoms with Crippen molar-refractivity contribution in [2.24, 2.45) is 0 Å². The summed E-state index contributed by atoms with van der Waals surface area (Å²) in [5.41, 5.74) is -0.838. The highest BCUT2D eigenvalue weighted by molar-refractivity contribution is 7.92. The van der Waals surface area contributed by atoms with Crippen LogP contribution >= 0.6 is 0 Å². The molecule has 0 aliphatic carbocycles. The van der Waals surface area contributed by atoms with Crippen LogP contribution in [-0.4, -0.2) is 29.9 Å². The number of hydrogen-bond donors (Lipinski definition) is 1. The maximum atomic E-state index is 14.8. The van der Waals surface area contributed by atoms with Crippen LogP contribution in [0.2, 0.25) is 0 Å². The first-order valence-electron chi connectivity index (χ1n) is 8.59. The number of nitrogens with zero attached hydrogens (tertiary/aromatic N) is 2. The highest BCUT2D eigenvalue weighted by Crippen LogP contribution is 2.28. The zero-order valence-corrected chi connectivity index (χ0v) is 16.3. The van der Waals surface area contributed by atoms with Crippen LogP contribution in [0.15, 0.2) is 30.5 Å². The van der Waals surface area contributed by atoms with Crippen molar-refractivity contribution in [3.05, 3.63) is 64.7 Å². The standard InChI is InChI=1S/C19H16F3N3O3S/c1-3-6-29(27,28)25-15-8-12(20)17(21)16(18(15)22)19(26)11-4-5-13-14(7-11)24-10(2)9-23-13/h4-5,7-9,25H,3,6H2,1-2H3. The van der Waals surface area contributed by atoms with Gasteiger partial charge in [0.15, 0.2) is 23.2 Å². The summed E-state index contributed by atoms with van der Waals surface area (Å²) < 4.78 is 68.7. The number of aryl methyl sites for hydroxylation is 1. The van der Waals surface area contributed by atoms with Crippen molar-refractivity contribution in [3.63, 3.8) is 0 Å². The van der Waals surface area contributed by atoms with Crippen LogP contribution in [-0.2, 0) is 10.0 Å². The molecule has 3 aromatic rings. The number of nitrogens with one attached hydrogen (secondary N) is 1. The van der Waals surface area contributed by atoms with Crippen molar-refractivity contribution in [3.8, 4) is 0 Å². The Bertz CT molecular complexity index is 1230. The van der Waals surface area contributed by atoms with Gasteiger partial charge in [-0.2, -0.15) is 0 Å². The number of hydrogen-bond acceptors (Lipinski definition) is 5. The molecule has 29 heavy (non-hydrogen) atoms. The number of ketones is 1. The van der Waals surface area contributed by atoms with Crippen molar-refractivity contribution >= 4 is 32.5 Å². The minimum atomic E-state index is -3.99. The van der Waals surface area contributed by atoms with E-state index in [0.717, 1.165) is 0 Å². The Kier molecular flexibility index (Phi) is 5.56. The Balaban J connectivity index is 2.11. The molecule has 0 aliphatic heterocycles. The predicted molar refractivity (Wildman–Crippen MR) is 102 cm³/mol. The molecule has 0 bridgehead atoms. The molecule has 0 saturated heterocycles. The quantitative estimate of drug-likeness (QED) is 0.482. The Morgan fingerprint density at radius 2 is 1.83 bits per heavy atom. The molecule has 10 heteroatoms. The molecule has 152 valence electrons. The van der Waals surface area contributed by atoms with E-state index in [4.69, 9.17) is 0 Å². The molecule has 0 fully saturated rings. The first-order chi connectivity index (χ1) is 13.6. The maximum Gasteiger partial charge on any atom is 0.232 e. The van der Waals surface area contributed by atoms with E-state index in [1.165, 1.54) is 24.4 Å². The number of sulfonamides is 1. The molecule has 6 nitrogen and oxygen atoms in total. The second kappa shape index (κ2) is 7.78. The largest absolute Gasteiger partial charge is 0.288 e. The lowest BCUT2D eigenvalue weighted by molar-refractivity contribution is 0.103. The molecule has 0 spiro atoms. The molecule has 1 heterocycles. The van der Waals surface area contributed by atoms with Gasteiger partial charge >= 0.3 is 0 Å². The van der Waals surface area contributed by atoms with Crippen LogP contribution < -0.4 is 4.72 Å². The summed E-state index contributed by atoms with van der Waals surface area (Å²) >= 11 is 0. The highest BCUT2D eigenvalue weighted by atomic mass is 32.2. The lowest BCUT2D eigenvalue weighted by Gasteiger charge is -2.12. The van der Waals surface area contributed by atoms with Gasteiger partial charge < -0.3 is 0 Å². The minimum Gasteiger partial charge on any atom is -0.288 e. The minimum absolute atomic E-state index is 0.150. The van der Waals surface area contributed by atoms with Gasteiger partial charge in [0.05, 0.1) is 33.7 Å². The number of carbonyl (C=O) groups excluding carboxylic acids is 1. The van der Waals surface area contributed by atoms with E-state index in [2.05, 4.69) is 9.97 Å². The lowest BCUT2D eigenvalue weighted by Crippen LogP contribution is -2.19. The van der Waals surface area contributed by atoms with Crippen LogP contribution in [0.4, 0.5) is 18.9 Å². The number of rotatable bonds is 6. The summed E-state index contributed by atoms with van der Waals surface area (Å²) in [7, 11) is -3.99. The fourth-order valence-corrected chi connectivity index (χ4v) is 3.88. The van der Waals surface area contributed by atoms with Gasteiger partial charge in [-0.15, -0.1) is 0 Å². The highest BCUT2D eigenvalue weighted by Gasteiger charge is 2.27. The van der Waals surface area contributed by atoms with E-state index in [1.54, 1.807) is 13.8 Å². The third-order valence-corrected chi connectivity index (χ3v) is 5.52. The maximum absolute atomic E-state index is 14.8. The molecule has 1 aromatic heterocycles. The first kappa shape index (κ1) is 20.7. The van der Waals surface area contributed by atoms with Crippen LogP contribution in [0.1, 0.15) is 35.0 Å². The van der Waals surface area contributed by atoms with E-state index < -0.39 is 44.5 Å². The molecule has 0 aliphatic rings. The monoisotopic (exact) mass is 423 g/mol. The van der Waals surface area contributed by atoms with Gasteiger partial charge in [0.25, 0.3) is 0 Å². The van der Waals surface area contributed by atoms with E-state index in [9.17, 15) is 26.4 Å². The third-order valence-electron chi connectivity index (χ3n) is 4.05. The average Bonchev–Trinajstić information content (AvgIpc) is 2.65. The normalized spacial score (nSPS) is 11.6. The number of halogens is 3. The van der Waals surface area contributed by atoms with E-state index in [1.807, 2.05) is 4.72 Å². The summed E-state index contributed by atoms with van der Waals surface area (Å²) in [6.07, 6.45) is 1.74. The predicted octanol–water partition coefficient (Wildman–Crippen LogP) is 3.74. The molecule has 0 atom stereocenters. The summed E-state index contributed by atoms with van der Waals surface area (Å²) in [5.74, 6) is -6.26. The molecular weight excluding hydrogens is 407 g/mol. The van der Waals surface area contributed by atoms with Gasteiger partial charge in [0, 0.05) is 17.8 Å². The Labute approximate surface area is 164 Å². The SMILES string of the molecule is CCCS(=O)(=O)Nc1cc(F)c(F)c(C(=O)c2ccc3ncc(C)nc3c2)c1F. The number of aromatic nitrogens is 2. The smallest absolute Gasteiger partial charge is 0.232 e. The first-order valence-corrected chi connectivity index (χ1v) is 10.2. The number of fused-ring (bicyclic) bond motifs is 1. The van der Waals surface area contributed by atoms with Crippen LogP contribution in [0.5, 0.6) is 0 Å². The van der Waals surface area contributed by atoms with E-state index in [0.29, 0.717) is 22.8 Å². The van der Waals surface area contributed by atoms with Gasteiger partial charge in [-0.3, -0.25) is 14.5 Å². The number of anilines is 1. The van der Waals surface area contributed by atoms with Crippen LogP contribution in [0, 0.1) is 24.4 Å². The van der Waals surface area contributed by atoms with E-state index in [-0.39, 0.29) is 17.7 Å². The van der Waals surface area contributed by atoms with Crippen molar-refractivity contribution < 1.29 is 26.4 Å². The fraction of sp³-hybridized carbons (Fsp3) is 0.211. The van der Waals surface area contributed by atoms with Crippen molar-refractivity contribution in [1.82, 2.24) is 9.97 Å². The van der Waals surface area contributed by atoms with Gasteiger partial charge in [-0.05, 0) is 31.5 Å². The van der Waals surface area contributed by atoms with Crippen molar-refractivity contribution in [1.29, 1.82) is 0 Å². The molecule has 0 saturated carbocycles. The molecular formula is C19H16F3N3O3S. The number of benzene rings is 2. The topological polar surface area (TPSA) is 89.0 Å². The second-order valence-electron chi connectivity index (χ2n) is 6.37. The molecule has 0 radical (unpaired) electrons. The van der Waals surface area contributed by atoms with Crippen molar-refractivity contribution in [2.45, 2.75) is 20.3 Å². The zero-order valence-electron chi connectivity index (χ0n) is 15.5. The summed E-state index contributed by atoms with van der Waals surface area (Å²) in [4.78, 5) is 21.0. The summed E-state index contributed by atoms with van der Waals surface area (Å²) in [6, 6.07) is 4.36. The van der Waals surface area contributed by atoms with Gasteiger partial charge in [0.2, 0.25) is 10.0 Å². The van der Waals surface area contributed by atoms with Crippen LogP contribution in [0.3, 0.4) is 0 Å². The van der Waals surface area contributed by atoms with Gasteiger partial charge in [-0.25, -0.2) is 26.6 Å². The Morgan fingerprint density at radius 1 is 1.10 bits per heavy atom. The van der Waals surface area contributed by atoms with Gasteiger partial charge in [-0.1, -0.05) is 6.92 Å². The summed E-state index contributed by atoms with van der Waals surface area (Å²) in [5, 5.41) is 0. The van der Waals surface area contributed by atoms with E-state index >= 15 is 0 Å². The number of carbonyl (C=O) groups is 1. The van der Waals surface area contributed by atoms with Gasteiger partial charge in [0.1, 0.15) is 0 Å². The molecule has 0 amide bonds. The molecule has 1 N–H and O–H groups in total. The van der Waals surface area contributed by atoms with Crippen molar-refractivity contribution in [2.75, 3.05) is 10.5 Å². The zero-order chi connectivity index (χ0) is 21.3. The third kappa shape index (κ3) is 4.21. The Hall–Kier alpha value is -3.01. The lowest BCUT2D eigenvalue weighted by atomic mass is 10.0. The fourth-order valence-electron chi connectivity index (χ4n) is 2.75. The summed E-state index contributed by atoms with van der Waals surface area (Å²) in [6.45, 7) is 3.27. The second-order valence-corrected chi connectivity index (χ2v) is 8.22. The molecule has 2 aromatic carbocycles. The molecule has 3 rings (SSSR count). The van der Waals surface area contributed by atoms with Crippen LogP contribution in [0.25, 0.3) is 11.0 Å².